The van der Waals surface area contributed by atoms with Gasteiger partial charge in [-0.3, -0.25) is 14.5 Å². The third-order valence-corrected chi connectivity index (χ3v) is 5.79. The fourth-order valence-electron chi connectivity index (χ4n) is 4.59. The molecule has 3 fully saturated rings. The lowest BCUT2D eigenvalue weighted by atomic mass is 9.86. The largest absolute Gasteiger partial charge is 0.355 e. The van der Waals surface area contributed by atoms with Gasteiger partial charge in [0.25, 0.3) is 0 Å². The Balaban J connectivity index is 1.39. The summed E-state index contributed by atoms with van der Waals surface area (Å²) in [4.78, 5) is 28.2. The molecule has 1 N–H and O–H groups in total. The van der Waals surface area contributed by atoms with Crippen molar-refractivity contribution in [1.82, 2.24) is 15.1 Å². The summed E-state index contributed by atoms with van der Waals surface area (Å²) in [5.41, 5.74) is 0. The van der Waals surface area contributed by atoms with Crippen molar-refractivity contribution < 1.29 is 9.59 Å². The van der Waals surface area contributed by atoms with Crippen molar-refractivity contribution in [3.8, 4) is 0 Å². The van der Waals surface area contributed by atoms with Crippen LogP contribution in [0.3, 0.4) is 0 Å². The van der Waals surface area contributed by atoms with Gasteiger partial charge in [0.15, 0.2) is 0 Å². The van der Waals surface area contributed by atoms with Gasteiger partial charge in [-0.25, -0.2) is 0 Å². The minimum Gasteiger partial charge on any atom is -0.355 e. The number of likely N-dealkylation sites (N-methyl/N-ethyl adjacent to an activating group) is 1. The molecule has 1 heterocycles. The van der Waals surface area contributed by atoms with Crippen molar-refractivity contribution in [2.75, 3.05) is 39.3 Å². The lowest BCUT2D eigenvalue weighted by Crippen LogP contribution is -2.51. The molecule has 2 bridgehead atoms. The number of piperazine rings is 1. The van der Waals surface area contributed by atoms with Crippen molar-refractivity contribution in [3.05, 3.63) is 0 Å². The summed E-state index contributed by atoms with van der Waals surface area (Å²) >= 11 is 0. The Morgan fingerprint density at radius 3 is 2.45 bits per heavy atom. The van der Waals surface area contributed by atoms with E-state index < -0.39 is 0 Å². The molecule has 3 rings (SSSR count). The normalized spacial score (nSPS) is 31.5. The van der Waals surface area contributed by atoms with Crippen LogP contribution in [0.4, 0.5) is 0 Å². The zero-order valence-corrected chi connectivity index (χ0v) is 13.7. The van der Waals surface area contributed by atoms with Gasteiger partial charge in [0.2, 0.25) is 11.8 Å². The highest BCUT2D eigenvalue weighted by Gasteiger charge is 2.40. The summed E-state index contributed by atoms with van der Waals surface area (Å²) in [5, 5.41) is 2.83. The molecular weight excluding hydrogens is 278 g/mol. The van der Waals surface area contributed by atoms with Crippen molar-refractivity contribution in [3.63, 3.8) is 0 Å². The van der Waals surface area contributed by atoms with Crippen LogP contribution in [0.25, 0.3) is 0 Å². The van der Waals surface area contributed by atoms with E-state index in [1.807, 2.05) is 11.8 Å². The number of rotatable bonds is 5. The number of nitrogens with zero attached hydrogens (tertiary/aromatic N) is 2. The van der Waals surface area contributed by atoms with E-state index in [1.165, 1.54) is 25.7 Å². The highest BCUT2D eigenvalue weighted by molar-refractivity contribution is 5.78. The summed E-state index contributed by atoms with van der Waals surface area (Å²) in [6.07, 6.45) is 6.17. The molecule has 124 valence electrons. The number of fused-ring (bicyclic) bond motifs is 2. The second-order valence-corrected chi connectivity index (χ2v) is 7.25. The maximum atomic E-state index is 12.5. The Kier molecular flexibility index (Phi) is 5.01. The summed E-state index contributed by atoms with van der Waals surface area (Å²) in [6, 6.07) is 0. The van der Waals surface area contributed by atoms with Gasteiger partial charge in [0.1, 0.15) is 0 Å². The van der Waals surface area contributed by atoms with Crippen molar-refractivity contribution in [2.45, 2.75) is 39.0 Å². The highest BCUT2D eigenvalue weighted by Crippen LogP contribution is 2.49. The first-order valence-corrected chi connectivity index (χ1v) is 8.92. The molecule has 1 saturated heterocycles. The fourth-order valence-corrected chi connectivity index (χ4v) is 4.59. The summed E-state index contributed by atoms with van der Waals surface area (Å²) in [6.45, 7) is 6.27. The number of carbonyl (C=O) groups excluding carboxylic acids is 2. The number of hydrogen-bond acceptors (Lipinski definition) is 3. The first kappa shape index (κ1) is 15.8. The first-order valence-electron chi connectivity index (χ1n) is 8.92. The third kappa shape index (κ3) is 3.62. The smallest absolute Gasteiger partial charge is 0.234 e. The van der Waals surface area contributed by atoms with Crippen molar-refractivity contribution >= 4 is 11.8 Å². The molecule has 0 aromatic rings. The van der Waals surface area contributed by atoms with Gasteiger partial charge in [-0.05, 0) is 43.9 Å². The van der Waals surface area contributed by atoms with Gasteiger partial charge in [-0.15, -0.1) is 0 Å². The van der Waals surface area contributed by atoms with Crippen molar-refractivity contribution in [1.29, 1.82) is 0 Å². The van der Waals surface area contributed by atoms with Crippen LogP contribution < -0.4 is 5.32 Å². The maximum absolute atomic E-state index is 12.5. The molecule has 1 aliphatic heterocycles. The Morgan fingerprint density at radius 2 is 1.86 bits per heavy atom. The summed E-state index contributed by atoms with van der Waals surface area (Å²) < 4.78 is 0. The second-order valence-electron chi connectivity index (χ2n) is 7.25. The van der Waals surface area contributed by atoms with Gasteiger partial charge in [0, 0.05) is 39.1 Å². The van der Waals surface area contributed by atoms with Crippen LogP contribution >= 0.6 is 0 Å². The maximum Gasteiger partial charge on any atom is 0.234 e. The zero-order valence-electron chi connectivity index (χ0n) is 13.7. The van der Waals surface area contributed by atoms with Crippen molar-refractivity contribution in [2.24, 2.45) is 17.8 Å². The second kappa shape index (κ2) is 6.99. The topological polar surface area (TPSA) is 52.7 Å². The molecule has 0 aromatic carbocycles. The average Bonchev–Trinajstić information content (AvgIpc) is 3.10. The zero-order chi connectivity index (χ0) is 15.5. The molecule has 2 aliphatic carbocycles. The Bertz CT molecular complexity index is 418. The SMILES string of the molecule is CCNC(=O)CN1CCN(C(=O)CC2CC3CCC2C3)CC1. The molecular formula is C17H29N3O2. The van der Waals surface area contributed by atoms with E-state index in [0.29, 0.717) is 24.9 Å². The minimum absolute atomic E-state index is 0.0873. The van der Waals surface area contributed by atoms with E-state index in [2.05, 4.69) is 10.2 Å². The number of nitrogens with one attached hydrogen (secondary N) is 1. The van der Waals surface area contributed by atoms with Gasteiger partial charge in [0.05, 0.1) is 6.54 Å². The average molecular weight is 307 g/mol. The van der Waals surface area contributed by atoms with E-state index in [0.717, 1.165) is 44.4 Å². The Labute approximate surface area is 133 Å². The Hall–Kier alpha value is -1.10. The van der Waals surface area contributed by atoms with E-state index in [4.69, 9.17) is 0 Å². The van der Waals surface area contributed by atoms with Gasteiger partial charge >= 0.3 is 0 Å². The van der Waals surface area contributed by atoms with Crippen LogP contribution in [0.15, 0.2) is 0 Å². The molecule has 3 aliphatic rings. The molecule has 3 unspecified atom stereocenters. The fraction of sp³-hybridized carbons (Fsp3) is 0.882. The van der Waals surface area contributed by atoms with Crippen LogP contribution in [-0.4, -0.2) is 60.9 Å². The van der Waals surface area contributed by atoms with Crippen LogP contribution in [0.5, 0.6) is 0 Å². The molecule has 0 radical (unpaired) electrons. The van der Waals surface area contributed by atoms with E-state index in [1.54, 1.807) is 0 Å². The van der Waals surface area contributed by atoms with Gasteiger partial charge in [-0.2, -0.15) is 0 Å². The number of carbonyl (C=O) groups is 2. The van der Waals surface area contributed by atoms with Crippen LogP contribution in [-0.2, 0) is 9.59 Å². The van der Waals surface area contributed by atoms with E-state index >= 15 is 0 Å². The molecule has 5 heteroatoms. The number of hydrogen-bond donors (Lipinski definition) is 1. The highest BCUT2D eigenvalue weighted by atomic mass is 16.2. The molecule has 2 amide bonds. The van der Waals surface area contributed by atoms with Crippen LogP contribution in [0, 0.1) is 17.8 Å². The monoisotopic (exact) mass is 307 g/mol. The standard InChI is InChI=1S/C17H29N3O2/c1-2-18-16(21)12-19-5-7-20(8-6-19)17(22)11-15-10-13-3-4-14(15)9-13/h13-15H,2-12H2,1H3,(H,18,21). The Morgan fingerprint density at radius 1 is 1.09 bits per heavy atom. The molecule has 5 nitrogen and oxygen atoms in total. The molecule has 3 atom stereocenters. The lowest BCUT2D eigenvalue weighted by molar-refractivity contribution is -0.134. The predicted molar refractivity (Wildman–Crippen MR) is 85.3 cm³/mol. The van der Waals surface area contributed by atoms with E-state index in [9.17, 15) is 9.59 Å². The predicted octanol–water partition coefficient (Wildman–Crippen LogP) is 1.09. The molecule has 2 saturated carbocycles. The molecule has 0 aromatic heterocycles. The summed E-state index contributed by atoms with van der Waals surface area (Å²) in [5.74, 6) is 2.82. The number of amides is 2. The van der Waals surface area contributed by atoms with Gasteiger partial charge in [-0.1, -0.05) is 6.42 Å². The third-order valence-electron chi connectivity index (χ3n) is 5.79. The lowest BCUT2D eigenvalue weighted by Gasteiger charge is -2.35. The van der Waals surface area contributed by atoms with Crippen LogP contribution in [0.1, 0.15) is 39.0 Å². The van der Waals surface area contributed by atoms with E-state index in [-0.39, 0.29) is 5.91 Å². The van der Waals surface area contributed by atoms with Gasteiger partial charge < -0.3 is 10.2 Å². The summed E-state index contributed by atoms with van der Waals surface area (Å²) in [7, 11) is 0. The van der Waals surface area contributed by atoms with Crippen LogP contribution in [0.2, 0.25) is 0 Å². The first-order chi connectivity index (χ1) is 10.7. The quantitative estimate of drug-likeness (QED) is 0.827. The minimum atomic E-state index is 0.0873. The molecule has 22 heavy (non-hydrogen) atoms. The molecule has 0 spiro atoms.